The fraction of sp³-hybridized carbons (Fsp3) is 0.375. The van der Waals surface area contributed by atoms with Crippen LogP contribution in [0.4, 0.5) is 5.82 Å². The molecule has 0 aliphatic heterocycles. The van der Waals surface area contributed by atoms with Crippen LogP contribution in [-0.4, -0.2) is 40.7 Å². The number of nitrogens with one attached hydrogen (secondary N) is 2. The summed E-state index contributed by atoms with van der Waals surface area (Å²) in [5, 5.41) is 7.93. The van der Waals surface area contributed by atoms with Gasteiger partial charge in [0.15, 0.2) is 11.5 Å². The zero-order valence-electron chi connectivity index (χ0n) is 9.22. The number of hydrogen-bond donors (Lipinski definition) is 3. The van der Waals surface area contributed by atoms with Crippen molar-refractivity contribution >= 4 is 38.6 Å². The van der Waals surface area contributed by atoms with Gasteiger partial charge in [0, 0.05) is 6.54 Å². The number of H-pyrrole nitrogens is 1. The Balaban J connectivity index is 2.05. The first-order chi connectivity index (χ1) is 8.46. The molecule has 2 rings (SSSR count). The molecule has 0 radical (unpaired) electrons. The van der Waals surface area contributed by atoms with E-state index in [0.29, 0.717) is 29.9 Å². The van der Waals surface area contributed by atoms with Crippen molar-refractivity contribution in [2.75, 3.05) is 17.6 Å². The number of fused-ring (bicyclic) bond motifs is 1. The van der Waals surface area contributed by atoms with E-state index in [1.807, 2.05) is 0 Å². The lowest BCUT2D eigenvalue weighted by molar-refractivity contribution is 0.596. The van der Waals surface area contributed by atoms with Crippen LogP contribution >= 0.6 is 11.6 Å². The van der Waals surface area contributed by atoms with Crippen LogP contribution in [0.5, 0.6) is 0 Å². The van der Waals surface area contributed by atoms with Gasteiger partial charge < -0.3 is 10.3 Å². The summed E-state index contributed by atoms with van der Waals surface area (Å²) in [5.41, 5.74) is 1.07. The molecule has 0 fully saturated rings. The molecule has 0 atom stereocenters. The van der Waals surface area contributed by atoms with E-state index < -0.39 is 10.0 Å². The number of sulfonamides is 1. The maximum absolute atomic E-state index is 10.8. The Morgan fingerprint density at radius 1 is 1.44 bits per heavy atom. The second kappa shape index (κ2) is 5.04. The predicted molar refractivity (Wildman–Crippen MR) is 67.8 cm³/mol. The van der Waals surface area contributed by atoms with Gasteiger partial charge in [0.1, 0.15) is 5.52 Å². The van der Waals surface area contributed by atoms with Crippen molar-refractivity contribution in [3.8, 4) is 0 Å². The highest BCUT2D eigenvalue weighted by Gasteiger charge is 2.08. The lowest BCUT2D eigenvalue weighted by Crippen LogP contribution is -2.19. The maximum Gasteiger partial charge on any atom is 0.226 e. The first-order valence-electron chi connectivity index (χ1n) is 5.07. The smallest absolute Gasteiger partial charge is 0.226 e. The molecule has 2 aromatic heterocycles. The van der Waals surface area contributed by atoms with Crippen molar-refractivity contribution in [1.82, 2.24) is 19.9 Å². The maximum atomic E-state index is 10.8. The van der Waals surface area contributed by atoms with E-state index in [9.17, 15) is 8.42 Å². The van der Waals surface area contributed by atoms with Gasteiger partial charge in [0.2, 0.25) is 15.3 Å². The number of imidazole rings is 1. The molecule has 8 nitrogen and oxygen atoms in total. The van der Waals surface area contributed by atoms with Crippen LogP contribution in [0, 0.1) is 0 Å². The van der Waals surface area contributed by atoms with E-state index in [1.54, 1.807) is 0 Å². The Kier molecular flexibility index (Phi) is 3.64. The number of anilines is 1. The summed E-state index contributed by atoms with van der Waals surface area (Å²) in [6.07, 6.45) is 1.85. The van der Waals surface area contributed by atoms with Crippen molar-refractivity contribution in [2.45, 2.75) is 6.42 Å². The van der Waals surface area contributed by atoms with Crippen LogP contribution < -0.4 is 10.5 Å². The second-order valence-corrected chi connectivity index (χ2v) is 5.66. The largest absolute Gasteiger partial charge is 0.368 e. The van der Waals surface area contributed by atoms with Crippen LogP contribution in [0.2, 0.25) is 5.28 Å². The van der Waals surface area contributed by atoms with Gasteiger partial charge in [0.05, 0.1) is 12.1 Å². The van der Waals surface area contributed by atoms with Gasteiger partial charge in [-0.25, -0.2) is 18.5 Å². The summed E-state index contributed by atoms with van der Waals surface area (Å²) < 4.78 is 21.5. The average Bonchev–Trinajstić information content (AvgIpc) is 2.70. The van der Waals surface area contributed by atoms with Crippen LogP contribution in [0.15, 0.2) is 6.33 Å². The van der Waals surface area contributed by atoms with Crippen molar-refractivity contribution in [3.05, 3.63) is 11.6 Å². The number of hydrogen-bond acceptors (Lipinski definition) is 6. The van der Waals surface area contributed by atoms with E-state index in [4.69, 9.17) is 16.7 Å². The molecular weight excluding hydrogens is 280 g/mol. The average molecular weight is 291 g/mol. The Morgan fingerprint density at radius 3 is 2.94 bits per heavy atom. The molecule has 0 aliphatic rings. The van der Waals surface area contributed by atoms with Crippen molar-refractivity contribution < 1.29 is 8.42 Å². The lowest BCUT2D eigenvalue weighted by atomic mass is 10.4. The number of nitrogens with zero attached hydrogens (tertiary/aromatic N) is 3. The third-order valence-electron chi connectivity index (χ3n) is 2.16. The summed E-state index contributed by atoms with van der Waals surface area (Å²) >= 11 is 5.73. The highest BCUT2D eigenvalue weighted by atomic mass is 35.5. The number of halogens is 1. The number of rotatable bonds is 5. The summed E-state index contributed by atoms with van der Waals surface area (Å²) in [4.78, 5) is 14.8. The number of aromatic amines is 1. The number of nitrogens with two attached hydrogens (primary N) is 1. The summed E-state index contributed by atoms with van der Waals surface area (Å²) in [6, 6.07) is 0. The molecule has 0 aromatic carbocycles. The normalized spacial score (nSPS) is 11.9. The molecule has 0 saturated heterocycles. The zero-order valence-corrected chi connectivity index (χ0v) is 10.8. The molecule has 18 heavy (non-hydrogen) atoms. The van der Waals surface area contributed by atoms with Gasteiger partial charge in [-0.15, -0.1) is 0 Å². The van der Waals surface area contributed by atoms with Gasteiger partial charge in [0.25, 0.3) is 0 Å². The molecule has 0 bridgehead atoms. The zero-order chi connectivity index (χ0) is 13.2. The van der Waals surface area contributed by atoms with Gasteiger partial charge in [-0.2, -0.15) is 9.97 Å². The van der Waals surface area contributed by atoms with E-state index in [0.717, 1.165) is 0 Å². The Hall–Kier alpha value is -1.45. The summed E-state index contributed by atoms with van der Waals surface area (Å²) in [6.45, 7) is 0.401. The Bertz CT molecular complexity index is 655. The topological polar surface area (TPSA) is 127 Å². The Morgan fingerprint density at radius 2 is 2.22 bits per heavy atom. The monoisotopic (exact) mass is 290 g/mol. The van der Waals surface area contributed by atoms with Crippen molar-refractivity contribution in [1.29, 1.82) is 0 Å². The molecule has 2 heterocycles. The van der Waals surface area contributed by atoms with Crippen molar-refractivity contribution in [3.63, 3.8) is 0 Å². The van der Waals surface area contributed by atoms with Crippen LogP contribution in [0.1, 0.15) is 6.42 Å². The molecular formula is C8H11ClN6O2S. The van der Waals surface area contributed by atoms with E-state index in [-0.39, 0.29) is 11.0 Å². The Labute approximate surface area is 108 Å². The first kappa shape index (κ1) is 13.0. The van der Waals surface area contributed by atoms with Crippen LogP contribution in [0.3, 0.4) is 0 Å². The van der Waals surface area contributed by atoms with Crippen molar-refractivity contribution in [2.24, 2.45) is 5.14 Å². The molecule has 0 amide bonds. The lowest BCUT2D eigenvalue weighted by Gasteiger charge is -2.05. The molecule has 0 unspecified atom stereocenters. The molecule has 4 N–H and O–H groups in total. The van der Waals surface area contributed by atoms with Gasteiger partial charge >= 0.3 is 0 Å². The quantitative estimate of drug-likeness (QED) is 0.529. The van der Waals surface area contributed by atoms with Crippen LogP contribution in [0.25, 0.3) is 11.2 Å². The molecule has 10 heteroatoms. The van der Waals surface area contributed by atoms with Gasteiger partial charge in [-0.3, -0.25) is 0 Å². The standard InChI is InChI=1S/C8H11ClN6O2S/c9-8-14-6(5-7(15-8)13-4-12-5)11-2-1-3-18(10,16)17/h4H,1-3H2,(H2,10,16,17)(H2,11,12,13,14,15). The molecule has 98 valence electrons. The minimum Gasteiger partial charge on any atom is -0.368 e. The SMILES string of the molecule is NS(=O)(=O)CCCNc1nc(Cl)nc2nc[nH]c12. The number of primary sulfonamides is 1. The van der Waals surface area contributed by atoms with E-state index in [1.165, 1.54) is 6.33 Å². The fourth-order valence-corrected chi connectivity index (χ4v) is 2.13. The predicted octanol–water partition coefficient (Wildman–Crippen LogP) is 0.0968. The molecule has 2 aromatic rings. The first-order valence-corrected chi connectivity index (χ1v) is 7.16. The van der Waals surface area contributed by atoms with E-state index >= 15 is 0 Å². The fourth-order valence-electron chi connectivity index (χ4n) is 1.41. The highest BCUT2D eigenvalue weighted by molar-refractivity contribution is 7.89. The van der Waals surface area contributed by atoms with E-state index in [2.05, 4.69) is 25.3 Å². The summed E-state index contributed by atoms with van der Waals surface area (Å²) in [7, 11) is -3.44. The van der Waals surface area contributed by atoms with Crippen LogP contribution in [-0.2, 0) is 10.0 Å². The minimum absolute atomic E-state index is 0.0727. The molecule has 0 aliphatic carbocycles. The van der Waals surface area contributed by atoms with Gasteiger partial charge in [-0.1, -0.05) is 0 Å². The minimum atomic E-state index is -3.44. The van der Waals surface area contributed by atoms with Gasteiger partial charge in [-0.05, 0) is 18.0 Å². The molecule has 0 spiro atoms. The molecule has 0 saturated carbocycles. The summed E-state index contributed by atoms with van der Waals surface area (Å²) in [5.74, 6) is 0.391. The highest BCUT2D eigenvalue weighted by Crippen LogP contribution is 2.18. The number of aromatic nitrogens is 4. The third-order valence-corrected chi connectivity index (χ3v) is 3.18. The third kappa shape index (κ3) is 3.28. The second-order valence-electron chi connectivity index (χ2n) is 3.59.